The highest BCUT2D eigenvalue weighted by Crippen LogP contribution is 2.30. The smallest absolute Gasteiger partial charge is 0.242 e. The van der Waals surface area contributed by atoms with Gasteiger partial charge in [0.2, 0.25) is 10.0 Å². The van der Waals surface area contributed by atoms with E-state index in [9.17, 15) is 8.42 Å². The number of ether oxygens (including phenoxy) is 1. The molecule has 0 aromatic heterocycles. The Morgan fingerprint density at radius 2 is 2.00 bits per heavy atom. The molecule has 1 unspecified atom stereocenters. The van der Waals surface area contributed by atoms with Gasteiger partial charge in [-0.2, -0.15) is 0 Å². The predicted molar refractivity (Wildman–Crippen MR) is 80.7 cm³/mol. The summed E-state index contributed by atoms with van der Waals surface area (Å²) in [6, 6.07) is 3.40. The van der Waals surface area contributed by atoms with Crippen molar-refractivity contribution in [2.24, 2.45) is 0 Å². The molecule has 1 heterocycles. The van der Waals surface area contributed by atoms with E-state index in [1.165, 1.54) is 0 Å². The molecule has 1 aromatic rings. The largest absolute Gasteiger partial charge is 0.379 e. The van der Waals surface area contributed by atoms with Crippen LogP contribution in [0, 0.1) is 6.92 Å². The first-order valence-electron chi connectivity index (χ1n) is 5.81. The van der Waals surface area contributed by atoms with Crippen LogP contribution in [0.2, 0.25) is 0 Å². The highest BCUT2D eigenvalue weighted by Gasteiger charge is 2.35. The minimum atomic E-state index is -3.58. The summed E-state index contributed by atoms with van der Waals surface area (Å²) in [5, 5.41) is 0. The first-order chi connectivity index (χ1) is 8.73. The molecule has 1 aliphatic rings. The third kappa shape index (κ3) is 3.39. The summed E-state index contributed by atoms with van der Waals surface area (Å²) in [7, 11) is -3.58. The van der Waals surface area contributed by atoms with Gasteiger partial charge in [0.15, 0.2) is 0 Å². The lowest BCUT2D eigenvalue weighted by Gasteiger charge is -2.23. The third-order valence-corrected chi connectivity index (χ3v) is 6.55. The third-order valence-electron chi connectivity index (χ3n) is 3.10. The Kier molecular flexibility index (Phi) is 4.42. The monoisotopic (exact) mass is 411 g/mol. The second-order valence-corrected chi connectivity index (χ2v) is 8.36. The fraction of sp³-hybridized carbons (Fsp3) is 0.500. The summed E-state index contributed by atoms with van der Waals surface area (Å²) < 4.78 is 34.2. The minimum absolute atomic E-state index is 0.234. The summed E-state index contributed by atoms with van der Waals surface area (Å²) in [6.07, 6.45) is 0.677. The molecule has 0 bridgehead atoms. The molecule has 7 heteroatoms. The van der Waals surface area contributed by atoms with Gasteiger partial charge in [-0.1, -0.05) is 15.9 Å². The summed E-state index contributed by atoms with van der Waals surface area (Å²) in [6.45, 7) is 4.74. The first-order valence-corrected chi connectivity index (χ1v) is 8.88. The molecule has 0 saturated carbocycles. The molecular weight excluding hydrogens is 398 g/mol. The Hall–Kier alpha value is 0.0500. The van der Waals surface area contributed by atoms with E-state index in [1.807, 2.05) is 13.8 Å². The van der Waals surface area contributed by atoms with Gasteiger partial charge in [0.05, 0.1) is 17.0 Å². The summed E-state index contributed by atoms with van der Waals surface area (Å²) in [4.78, 5) is 0.234. The standard InChI is InChI=1S/C12H15Br2NO3S/c1-8-5-10(14)11(6-9(8)13)19(16,17)15-12(2)3-4-18-7-12/h5-6,15H,3-4,7H2,1-2H3. The second-order valence-electron chi connectivity index (χ2n) is 5.00. The molecule has 0 radical (unpaired) electrons. The van der Waals surface area contributed by atoms with Crippen molar-refractivity contribution in [2.75, 3.05) is 13.2 Å². The molecule has 4 nitrogen and oxygen atoms in total. The second kappa shape index (κ2) is 5.44. The fourth-order valence-electron chi connectivity index (χ4n) is 1.96. The van der Waals surface area contributed by atoms with Gasteiger partial charge in [-0.15, -0.1) is 0 Å². The van der Waals surface area contributed by atoms with Gasteiger partial charge in [-0.05, 0) is 53.9 Å². The Morgan fingerprint density at radius 1 is 1.32 bits per heavy atom. The minimum Gasteiger partial charge on any atom is -0.379 e. The first kappa shape index (κ1) is 15.4. The van der Waals surface area contributed by atoms with Crippen LogP contribution >= 0.6 is 31.9 Å². The molecule has 106 valence electrons. The maximum atomic E-state index is 12.5. The lowest BCUT2D eigenvalue weighted by atomic mass is 10.0. The van der Waals surface area contributed by atoms with Gasteiger partial charge in [0.25, 0.3) is 0 Å². The van der Waals surface area contributed by atoms with Crippen molar-refractivity contribution in [2.45, 2.75) is 30.7 Å². The van der Waals surface area contributed by atoms with Crippen LogP contribution in [0.3, 0.4) is 0 Å². The summed E-state index contributed by atoms with van der Waals surface area (Å²) in [5.41, 5.74) is 0.441. The molecule has 0 amide bonds. The molecule has 19 heavy (non-hydrogen) atoms. The SMILES string of the molecule is Cc1cc(Br)c(S(=O)(=O)NC2(C)CCOC2)cc1Br. The molecule has 1 aliphatic heterocycles. The molecule has 1 atom stereocenters. The zero-order valence-electron chi connectivity index (χ0n) is 10.7. The van der Waals surface area contributed by atoms with Crippen molar-refractivity contribution in [1.29, 1.82) is 0 Å². The van der Waals surface area contributed by atoms with Crippen LogP contribution in [0.1, 0.15) is 18.9 Å². The van der Waals surface area contributed by atoms with E-state index in [0.717, 1.165) is 10.0 Å². The summed E-state index contributed by atoms with van der Waals surface area (Å²) >= 11 is 6.67. The Bertz CT molecular complexity index is 595. The van der Waals surface area contributed by atoms with E-state index >= 15 is 0 Å². The molecule has 0 spiro atoms. The van der Waals surface area contributed by atoms with E-state index in [4.69, 9.17) is 4.74 Å². The van der Waals surface area contributed by atoms with Gasteiger partial charge < -0.3 is 4.74 Å². The van der Waals surface area contributed by atoms with Gasteiger partial charge >= 0.3 is 0 Å². The normalized spacial score (nSPS) is 23.8. The highest BCUT2D eigenvalue weighted by atomic mass is 79.9. The van der Waals surface area contributed by atoms with Crippen molar-refractivity contribution >= 4 is 41.9 Å². The lowest BCUT2D eigenvalue weighted by Crippen LogP contribution is -2.46. The van der Waals surface area contributed by atoms with E-state index in [-0.39, 0.29) is 4.90 Å². The van der Waals surface area contributed by atoms with Crippen molar-refractivity contribution < 1.29 is 13.2 Å². The average Bonchev–Trinajstić information content (AvgIpc) is 2.68. The quantitative estimate of drug-likeness (QED) is 0.830. The maximum Gasteiger partial charge on any atom is 0.242 e. The van der Waals surface area contributed by atoms with E-state index in [2.05, 4.69) is 36.6 Å². The highest BCUT2D eigenvalue weighted by molar-refractivity contribution is 9.11. The fourth-order valence-corrected chi connectivity index (χ4v) is 5.06. The van der Waals surface area contributed by atoms with Gasteiger partial charge in [-0.3, -0.25) is 0 Å². The van der Waals surface area contributed by atoms with E-state index in [0.29, 0.717) is 24.1 Å². The van der Waals surface area contributed by atoms with Crippen molar-refractivity contribution in [3.05, 3.63) is 26.6 Å². The van der Waals surface area contributed by atoms with Gasteiger partial charge in [0.1, 0.15) is 0 Å². The zero-order valence-corrected chi connectivity index (χ0v) is 14.7. The zero-order chi connectivity index (χ0) is 14.3. The lowest BCUT2D eigenvalue weighted by molar-refractivity contribution is 0.178. The number of aryl methyl sites for hydroxylation is 1. The van der Waals surface area contributed by atoms with Crippen molar-refractivity contribution in [3.8, 4) is 0 Å². The van der Waals surface area contributed by atoms with Crippen LogP contribution in [0.5, 0.6) is 0 Å². The number of nitrogens with one attached hydrogen (secondary N) is 1. The number of hydrogen-bond acceptors (Lipinski definition) is 3. The number of sulfonamides is 1. The molecule has 1 fully saturated rings. The van der Waals surface area contributed by atoms with Crippen molar-refractivity contribution in [3.63, 3.8) is 0 Å². The Morgan fingerprint density at radius 3 is 2.58 bits per heavy atom. The van der Waals surface area contributed by atoms with E-state index < -0.39 is 15.6 Å². The summed E-state index contributed by atoms with van der Waals surface area (Å²) in [5.74, 6) is 0. The van der Waals surface area contributed by atoms with Crippen LogP contribution in [0.4, 0.5) is 0 Å². The van der Waals surface area contributed by atoms with Gasteiger partial charge in [-0.25, -0.2) is 13.1 Å². The maximum absolute atomic E-state index is 12.5. The number of rotatable bonds is 3. The van der Waals surface area contributed by atoms with Crippen LogP contribution < -0.4 is 4.72 Å². The molecule has 1 aromatic carbocycles. The topological polar surface area (TPSA) is 55.4 Å². The van der Waals surface area contributed by atoms with Crippen LogP contribution in [-0.4, -0.2) is 27.2 Å². The number of benzene rings is 1. The van der Waals surface area contributed by atoms with Crippen LogP contribution in [-0.2, 0) is 14.8 Å². The van der Waals surface area contributed by atoms with Crippen LogP contribution in [0.25, 0.3) is 0 Å². The Balaban J connectivity index is 2.37. The van der Waals surface area contributed by atoms with Crippen LogP contribution in [0.15, 0.2) is 26.0 Å². The number of hydrogen-bond donors (Lipinski definition) is 1. The molecular formula is C12H15Br2NO3S. The number of halogens is 2. The molecule has 0 aliphatic carbocycles. The van der Waals surface area contributed by atoms with E-state index in [1.54, 1.807) is 12.1 Å². The predicted octanol–water partition coefficient (Wildman–Crippen LogP) is 2.98. The van der Waals surface area contributed by atoms with Crippen molar-refractivity contribution in [1.82, 2.24) is 4.72 Å². The molecule has 1 saturated heterocycles. The molecule has 1 N–H and O–H groups in total. The Labute approximate surface area is 130 Å². The van der Waals surface area contributed by atoms with Gasteiger partial charge in [0, 0.05) is 15.6 Å². The average molecular weight is 413 g/mol. The molecule has 2 rings (SSSR count).